The van der Waals surface area contributed by atoms with Gasteiger partial charge in [0.1, 0.15) is 12.1 Å². The number of hydrogen-bond acceptors (Lipinski definition) is 4. The van der Waals surface area contributed by atoms with Crippen LogP contribution in [-0.4, -0.2) is 27.6 Å². The zero-order chi connectivity index (χ0) is 25.8. The number of carboxylic acid groups (broad SMARTS) is 1. The molecule has 1 aromatic heterocycles. The van der Waals surface area contributed by atoms with Gasteiger partial charge in [0.05, 0.1) is 11.1 Å². The number of rotatable bonds is 8. The number of carboxylic acids is 1. The van der Waals surface area contributed by atoms with Crippen LogP contribution in [0.3, 0.4) is 0 Å². The molecule has 0 unspecified atom stereocenters. The summed E-state index contributed by atoms with van der Waals surface area (Å²) in [5, 5.41) is 14.8. The molecular weight excluding hydrogens is 505 g/mol. The number of carbonyl (C=O) groups is 1. The Labute approximate surface area is 224 Å². The van der Waals surface area contributed by atoms with Gasteiger partial charge < -0.3 is 10.4 Å². The van der Waals surface area contributed by atoms with Crippen molar-refractivity contribution in [1.29, 1.82) is 0 Å². The quantitative estimate of drug-likeness (QED) is 0.204. The van der Waals surface area contributed by atoms with E-state index < -0.39 is 5.97 Å². The highest BCUT2D eigenvalue weighted by Gasteiger charge is 2.18. The van der Waals surface area contributed by atoms with E-state index in [1.165, 1.54) is 0 Å². The number of aromatic carboxylic acids is 1. The molecule has 5 rings (SSSR count). The Balaban J connectivity index is 1.45. The predicted octanol–water partition coefficient (Wildman–Crippen LogP) is 7.47. The maximum atomic E-state index is 11.1. The maximum absolute atomic E-state index is 11.1. The number of benzene rings is 4. The molecule has 0 bridgehead atoms. The minimum atomic E-state index is -0.927. The van der Waals surface area contributed by atoms with Gasteiger partial charge in [-0.15, -0.1) is 0 Å². The summed E-state index contributed by atoms with van der Waals surface area (Å²) in [7, 11) is 0. The minimum Gasteiger partial charge on any atom is -0.478 e. The van der Waals surface area contributed by atoms with Crippen molar-refractivity contribution in [3.8, 4) is 0 Å². The summed E-state index contributed by atoms with van der Waals surface area (Å²) in [6, 6.07) is 28.9. The van der Waals surface area contributed by atoms with Crippen LogP contribution in [-0.2, 0) is 6.42 Å². The number of nitrogens with one attached hydrogen (secondary N) is 1. The molecular formula is C30H23Cl2N3O2. The fraction of sp³-hybridized carbons (Fsp3) is 0.100. The summed E-state index contributed by atoms with van der Waals surface area (Å²) in [4.78, 5) is 20.1. The molecule has 184 valence electrons. The molecule has 0 amide bonds. The standard InChI is InChI=1S/C30H23Cl2N3O2/c31-24-10-5-20(6-11-24)28(21-7-12-25(32)13-8-21)23-9-14-27-26(17-23)29(35-18-34-27)33-16-15-19-1-3-22(4-2-19)30(36)37/h1-14,17-18,28H,15-16H2,(H,36,37)(H,33,34,35). The van der Waals surface area contributed by atoms with Crippen molar-refractivity contribution in [2.45, 2.75) is 12.3 Å². The number of fused-ring (bicyclic) bond motifs is 1. The Morgan fingerprint density at radius 3 is 1.97 bits per heavy atom. The van der Waals surface area contributed by atoms with Crippen LogP contribution in [0.25, 0.3) is 10.9 Å². The first-order valence-corrected chi connectivity index (χ1v) is 12.6. The molecule has 4 aromatic carbocycles. The van der Waals surface area contributed by atoms with Crippen LogP contribution in [0.1, 0.15) is 38.5 Å². The van der Waals surface area contributed by atoms with Crippen LogP contribution >= 0.6 is 23.2 Å². The van der Waals surface area contributed by atoms with E-state index in [0.29, 0.717) is 16.6 Å². The summed E-state index contributed by atoms with van der Waals surface area (Å²) < 4.78 is 0. The normalized spacial score (nSPS) is 11.1. The summed E-state index contributed by atoms with van der Waals surface area (Å²) in [6.45, 7) is 0.639. The van der Waals surface area contributed by atoms with Gasteiger partial charge in [-0.05, 0) is 77.2 Å². The number of halogens is 2. The molecule has 0 spiro atoms. The maximum Gasteiger partial charge on any atom is 0.335 e. The highest BCUT2D eigenvalue weighted by molar-refractivity contribution is 6.30. The summed E-state index contributed by atoms with van der Waals surface area (Å²) in [5.41, 5.74) is 5.49. The third-order valence-electron chi connectivity index (χ3n) is 6.31. The lowest BCUT2D eigenvalue weighted by molar-refractivity contribution is 0.0697. The Bertz CT molecular complexity index is 1490. The third-order valence-corrected chi connectivity index (χ3v) is 6.81. The van der Waals surface area contributed by atoms with Crippen LogP contribution in [0.15, 0.2) is 97.3 Å². The highest BCUT2D eigenvalue weighted by Crippen LogP contribution is 2.35. The van der Waals surface area contributed by atoms with E-state index in [2.05, 4.69) is 27.4 Å². The molecule has 0 radical (unpaired) electrons. The van der Waals surface area contributed by atoms with Crippen molar-refractivity contribution < 1.29 is 9.90 Å². The zero-order valence-electron chi connectivity index (χ0n) is 19.7. The Morgan fingerprint density at radius 2 is 1.38 bits per heavy atom. The average Bonchev–Trinajstić information content (AvgIpc) is 2.91. The van der Waals surface area contributed by atoms with Gasteiger partial charge in [-0.3, -0.25) is 0 Å². The molecule has 37 heavy (non-hydrogen) atoms. The van der Waals surface area contributed by atoms with E-state index in [1.54, 1.807) is 18.5 Å². The molecule has 0 atom stereocenters. The van der Waals surface area contributed by atoms with Gasteiger partial charge in [0.2, 0.25) is 0 Å². The summed E-state index contributed by atoms with van der Waals surface area (Å²) in [5.74, 6) is -0.205. The second kappa shape index (κ2) is 11.0. The Hall–Kier alpha value is -3.93. The second-order valence-corrected chi connectivity index (χ2v) is 9.59. The zero-order valence-corrected chi connectivity index (χ0v) is 21.2. The monoisotopic (exact) mass is 527 g/mol. The van der Waals surface area contributed by atoms with Gasteiger partial charge in [0, 0.05) is 27.9 Å². The SMILES string of the molecule is O=C(O)c1ccc(CCNc2ncnc3ccc(C(c4ccc(Cl)cc4)c4ccc(Cl)cc4)cc23)cc1. The molecule has 0 fully saturated rings. The van der Waals surface area contributed by atoms with Crippen molar-refractivity contribution in [3.63, 3.8) is 0 Å². The van der Waals surface area contributed by atoms with Gasteiger partial charge in [0.25, 0.3) is 0 Å². The molecule has 0 saturated carbocycles. The smallest absolute Gasteiger partial charge is 0.335 e. The first kappa shape index (κ1) is 24.8. The Kier molecular flexibility index (Phi) is 7.35. The number of anilines is 1. The van der Waals surface area contributed by atoms with E-state index >= 15 is 0 Å². The molecule has 5 nitrogen and oxygen atoms in total. The fourth-order valence-corrected chi connectivity index (χ4v) is 4.67. The van der Waals surface area contributed by atoms with Gasteiger partial charge in [0.15, 0.2) is 0 Å². The summed E-state index contributed by atoms with van der Waals surface area (Å²) >= 11 is 12.3. The number of hydrogen-bond donors (Lipinski definition) is 2. The van der Waals surface area contributed by atoms with Crippen LogP contribution in [0, 0.1) is 0 Å². The largest absolute Gasteiger partial charge is 0.478 e. The number of aromatic nitrogens is 2. The van der Waals surface area contributed by atoms with Crippen LogP contribution in [0.5, 0.6) is 0 Å². The van der Waals surface area contributed by atoms with E-state index in [-0.39, 0.29) is 11.5 Å². The molecule has 0 aliphatic heterocycles. The molecule has 5 aromatic rings. The molecule has 0 aliphatic rings. The fourth-order valence-electron chi connectivity index (χ4n) is 4.42. The summed E-state index contributed by atoms with van der Waals surface area (Å²) in [6.07, 6.45) is 2.28. The lowest BCUT2D eigenvalue weighted by Gasteiger charge is -2.20. The van der Waals surface area contributed by atoms with Crippen LogP contribution < -0.4 is 5.32 Å². The lowest BCUT2D eigenvalue weighted by atomic mass is 9.85. The third kappa shape index (κ3) is 5.74. The second-order valence-electron chi connectivity index (χ2n) is 8.71. The van der Waals surface area contributed by atoms with Gasteiger partial charge in [-0.1, -0.05) is 65.7 Å². The van der Waals surface area contributed by atoms with E-state index in [1.807, 2.05) is 66.7 Å². The lowest BCUT2D eigenvalue weighted by Crippen LogP contribution is -2.08. The number of nitrogens with zero attached hydrogens (tertiary/aromatic N) is 2. The first-order valence-electron chi connectivity index (χ1n) is 11.8. The molecule has 1 heterocycles. The van der Waals surface area contributed by atoms with Gasteiger partial charge in [-0.25, -0.2) is 14.8 Å². The van der Waals surface area contributed by atoms with Crippen molar-refractivity contribution >= 4 is 45.9 Å². The average molecular weight is 528 g/mol. The van der Waals surface area contributed by atoms with Crippen molar-refractivity contribution in [2.75, 3.05) is 11.9 Å². The van der Waals surface area contributed by atoms with E-state index in [4.69, 9.17) is 28.3 Å². The molecule has 2 N–H and O–H groups in total. The molecule has 0 saturated heterocycles. The van der Waals surface area contributed by atoms with Crippen molar-refractivity contribution in [1.82, 2.24) is 9.97 Å². The van der Waals surface area contributed by atoms with Crippen LogP contribution in [0.4, 0.5) is 5.82 Å². The van der Waals surface area contributed by atoms with Gasteiger partial charge >= 0.3 is 5.97 Å². The predicted molar refractivity (Wildman–Crippen MR) is 149 cm³/mol. The van der Waals surface area contributed by atoms with E-state index in [9.17, 15) is 4.79 Å². The molecule has 7 heteroatoms. The topological polar surface area (TPSA) is 75.1 Å². The highest BCUT2D eigenvalue weighted by atomic mass is 35.5. The Morgan fingerprint density at radius 1 is 0.784 bits per heavy atom. The minimum absolute atomic E-state index is 0.0280. The van der Waals surface area contributed by atoms with Crippen molar-refractivity contribution in [3.05, 3.63) is 135 Å². The first-order chi connectivity index (χ1) is 18.0. The van der Waals surface area contributed by atoms with Crippen LogP contribution in [0.2, 0.25) is 10.0 Å². The van der Waals surface area contributed by atoms with Gasteiger partial charge in [-0.2, -0.15) is 0 Å². The van der Waals surface area contributed by atoms with Crippen molar-refractivity contribution in [2.24, 2.45) is 0 Å². The van der Waals surface area contributed by atoms with E-state index in [0.717, 1.165) is 45.4 Å². The molecule has 0 aliphatic carbocycles.